The highest BCUT2D eigenvalue weighted by Gasteiger charge is 2.46. The minimum absolute atomic E-state index is 0.331. The lowest BCUT2D eigenvalue weighted by Crippen LogP contribution is -2.34. The number of carboxylic acids is 1. The van der Waals surface area contributed by atoms with Crippen LogP contribution >= 0.6 is 0 Å². The maximum atomic E-state index is 13.2. The van der Waals surface area contributed by atoms with Crippen LogP contribution in [0.15, 0.2) is 6.20 Å². The minimum atomic E-state index is -4.66. The summed E-state index contributed by atoms with van der Waals surface area (Å²) in [5.74, 6) is -1.33. The molecule has 0 unspecified atom stereocenters. The Morgan fingerprint density at radius 1 is 1.21 bits per heavy atom. The van der Waals surface area contributed by atoms with Gasteiger partial charge in [0.2, 0.25) is 0 Å². The molecule has 1 rings (SSSR count). The number of carboxylic acid groups (broad SMARTS) is 1. The average molecular weight is 278 g/mol. The zero-order valence-electron chi connectivity index (χ0n) is 11.5. The normalized spacial score (nSPS) is 13.7. The molecule has 0 fully saturated rings. The molecular formula is C12H17F3N2O2. The first kappa shape index (κ1) is 15.5. The highest BCUT2D eigenvalue weighted by Crippen LogP contribution is 2.39. The Bertz CT molecular complexity index is 496. The SMILES string of the molecule is CC(C)(C(=O)O)c1cnn(C(C)(C)C)c1C(F)(F)F. The van der Waals surface area contributed by atoms with Crippen molar-refractivity contribution in [3.8, 4) is 0 Å². The third-order valence-electron chi connectivity index (χ3n) is 2.88. The molecular weight excluding hydrogens is 261 g/mol. The van der Waals surface area contributed by atoms with Crippen LogP contribution in [0.4, 0.5) is 13.2 Å². The smallest absolute Gasteiger partial charge is 0.433 e. The number of halogens is 3. The first-order valence-corrected chi connectivity index (χ1v) is 5.69. The molecule has 0 bridgehead atoms. The van der Waals surface area contributed by atoms with Gasteiger partial charge in [-0.25, -0.2) is 0 Å². The van der Waals surface area contributed by atoms with E-state index >= 15 is 0 Å². The second-order valence-electron chi connectivity index (χ2n) is 5.92. The Morgan fingerprint density at radius 2 is 1.68 bits per heavy atom. The molecule has 108 valence electrons. The summed E-state index contributed by atoms with van der Waals surface area (Å²) < 4.78 is 40.5. The molecule has 1 aromatic heterocycles. The zero-order chi connectivity index (χ0) is 15.2. The van der Waals surface area contributed by atoms with E-state index < -0.39 is 28.8 Å². The molecule has 0 aliphatic rings. The van der Waals surface area contributed by atoms with Crippen molar-refractivity contribution in [2.75, 3.05) is 0 Å². The van der Waals surface area contributed by atoms with Gasteiger partial charge in [0.15, 0.2) is 0 Å². The fraction of sp³-hybridized carbons (Fsp3) is 0.667. The second-order valence-corrected chi connectivity index (χ2v) is 5.92. The first-order chi connectivity index (χ1) is 8.29. The number of aliphatic carboxylic acids is 1. The highest BCUT2D eigenvalue weighted by atomic mass is 19.4. The molecule has 0 atom stereocenters. The van der Waals surface area contributed by atoms with Crippen LogP contribution in [0, 0.1) is 0 Å². The Balaban J connectivity index is 3.62. The molecule has 7 heteroatoms. The van der Waals surface area contributed by atoms with Crippen LogP contribution in [-0.4, -0.2) is 20.9 Å². The topological polar surface area (TPSA) is 55.1 Å². The van der Waals surface area contributed by atoms with Crippen molar-refractivity contribution in [2.24, 2.45) is 0 Å². The van der Waals surface area contributed by atoms with E-state index in [1.165, 1.54) is 13.8 Å². The van der Waals surface area contributed by atoms with Crippen molar-refractivity contribution in [1.82, 2.24) is 9.78 Å². The minimum Gasteiger partial charge on any atom is -0.481 e. The van der Waals surface area contributed by atoms with Crippen molar-refractivity contribution < 1.29 is 23.1 Å². The maximum absolute atomic E-state index is 13.2. The van der Waals surface area contributed by atoms with Crippen LogP contribution < -0.4 is 0 Å². The van der Waals surface area contributed by atoms with Gasteiger partial charge in [-0.2, -0.15) is 18.3 Å². The van der Waals surface area contributed by atoms with Crippen molar-refractivity contribution >= 4 is 5.97 Å². The molecule has 0 spiro atoms. The summed E-state index contributed by atoms with van der Waals surface area (Å²) >= 11 is 0. The summed E-state index contributed by atoms with van der Waals surface area (Å²) in [4.78, 5) is 11.2. The Kier molecular flexibility index (Phi) is 3.47. The van der Waals surface area contributed by atoms with Crippen molar-refractivity contribution in [3.05, 3.63) is 17.5 Å². The predicted molar refractivity (Wildman–Crippen MR) is 62.9 cm³/mol. The van der Waals surface area contributed by atoms with E-state index in [-0.39, 0.29) is 5.56 Å². The molecule has 19 heavy (non-hydrogen) atoms. The summed E-state index contributed by atoms with van der Waals surface area (Å²) in [6.45, 7) is 7.19. The van der Waals surface area contributed by atoms with Crippen LogP contribution in [0.1, 0.15) is 45.9 Å². The Morgan fingerprint density at radius 3 is 2.00 bits per heavy atom. The summed E-state index contributed by atoms with van der Waals surface area (Å²) in [5.41, 5.74) is -3.89. The van der Waals surface area contributed by atoms with E-state index in [0.29, 0.717) is 0 Å². The molecule has 4 nitrogen and oxygen atoms in total. The monoisotopic (exact) mass is 278 g/mol. The zero-order valence-corrected chi connectivity index (χ0v) is 11.5. The maximum Gasteiger partial charge on any atom is 0.433 e. The van der Waals surface area contributed by atoms with E-state index in [1.807, 2.05) is 0 Å². The van der Waals surface area contributed by atoms with Gasteiger partial charge in [-0.1, -0.05) is 0 Å². The van der Waals surface area contributed by atoms with Crippen LogP contribution in [0.5, 0.6) is 0 Å². The molecule has 0 aromatic carbocycles. The van der Waals surface area contributed by atoms with Gasteiger partial charge in [0.25, 0.3) is 0 Å². The number of nitrogens with zero attached hydrogens (tertiary/aromatic N) is 2. The van der Waals surface area contributed by atoms with Gasteiger partial charge in [0.1, 0.15) is 5.69 Å². The van der Waals surface area contributed by atoms with Crippen LogP contribution in [0.25, 0.3) is 0 Å². The third-order valence-corrected chi connectivity index (χ3v) is 2.88. The molecule has 1 heterocycles. The first-order valence-electron chi connectivity index (χ1n) is 5.69. The van der Waals surface area contributed by atoms with Gasteiger partial charge in [-0.05, 0) is 34.6 Å². The van der Waals surface area contributed by atoms with E-state index in [4.69, 9.17) is 5.11 Å². The molecule has 1 aromatic rings. The van der Waals surface area contributed by atoms with Crippen molar-refractivity contribution in [3.63, 3.8) is 0 Å². The summed E-state index contributed by atoms with van der Waals surface area (Å²) in [7, 11) is 0. The Hall–Kier alpha value is -1.53. The van der Waals surface area contributed by atoms with Crippen LogP contribution in [0.3, 0.4) is 0 Å². The third kappa shape index (κ3) is 2.74. The summed E-state index contributed by atoms with van der Waals surface area (Å²) in [5, 5.41) is 12.8. The highest BCUT2D eigenvalue weighted by molar-refractivity contribution is 5.80. The van der Waals surface area contributed by atoms with Gasteiger partial charge in [0.05, 0.1) is 17.2 Å². The predicted octanol–water partition coefficient (Wildman–Crippen LogP) is 3.02. The van der Waals surface area contributed by atoms with Crippen LogP contribution in [0.2, 0.25) is 0 Å². The van der Waals surface area contributed by atoms with E-state index in [2.05, 4.69) is 5.10 Å². The van der Waals surface area contributed by atoms with E-state index in [1.54, 1.807) is 20.8 Å². The van der Waals surface area contributed by atoms with Crippen molar-refractivity contribution in [1.29, 1.82) is 0 Å². The molecule has 0 saturated heterocycles. The lowest BCUT2D eigenvalue weighted by atomic mass is 9.84. The average Bonchev–Trinajstić information content (AvgIpc) is 2.59. The van der Waals surface area contributed by atoms with Crippen LogP contribution in [-0.2, 0) is 21.9 Å². The number of rotatable bonds is 2. The largest absolute Gasteiger partial charge is 0.481 e. The fourth-order valence-corrected chi connectivity index (χ4v) is 1.70. The number of carbonyl (C=O) groups is 1. The summed E-state index contributed by atoms with van der Waals surface area (Å²) in [6, 6.07) is 0. The number of hydrogen-bond acceptors (Lipinski definition) is 2. The molecule has 0 aliphatic heterocycles. The molecule has 0 radical (unpaired) electrons. The number of hydrogen-bond donors (Lipinski definition) is 1. The van der Waals surface area contributed by atoms with Gasteiger partial charge in [0, 0.05) is 5.56 Å². The van der Waals surface area contributed by atoms with Gasteiger partial charge in [-0.3, -0.25) is 9.48 Å². The lowest BCUT2D eigenvalue weighted by molar-refractivity contribution is -0.149. The van der Waals surface area contributed by atoms with Gasteiger partial charge >= 0.3 is 12.1 Å². The molecule has 0 amide bonds. The van der Waals surface area contributed by atoms with Crippen molar-refractivity contribution in [2.45, 2.75) is 51.7 Å². The fourth-order valence-electron chi connectivity index (χ4n) is 1.70. The Labute approximate surface area is 109 Å². The summed E-state index contributed by atoms with van der Waals surface area (Å²) in [6.07, 6.45) is -3.67. The van der Waals surface area contributed by atoms with Gasteiger partial charge < -0.3 is 5.11 Å². The number of aromatic nitrogens is 2. The molecule has 0 saturated carbocycles. The van der Waals surface area contributed by atoms with Gasteiger partial charge in [-0.15, -0.1) is 0 Å². The standard InChI is InChI=1S/C12H17F3N2O2/c1-10(2,3)17-8(12(13,14)15)7(6-16-17)11(4,5)9(18)19/h6H,1-5H3,(H,18,19). The number of alkyl halides is 3. The molecule has 1 N–H and O–H groups in total. The van der Waals surface area contributed by atoms with E-state index in [0.717, 1.165) is 10.9 Å². The molecule has 0 aliphatic carbocycles. The van der Waals surface area contributed by atoms with E-state index in [9.17, 15) is 18.0 Å². The quantitative estimate of drug-likeness (QED) is 0.904. The lowest BCUT2D eigenvalue weighted by Gasteiger charge is -2.26. The second kappa shape index (κ2) is 4.25.